The van der Waals surface area contributed by atoms with Gasteiger partial charge >= 0.3 is 0 Å². The van der Waals surface area contributed by atoms with Crippen LogP contribution in [0.1, 0.15) is 43.4 Å². The van der Waals surface area contributed by atoms with Crippen LogP contribution in [0.15, 0.2) is 47.4 Å². The lowest BCUT2D eigenvalue weighted by Crippen LogP contribution is -2.41. The lowest BCUT2D eigenvalue weighted by Gasteiger charge is -2.30. The smallest absolute Gasteiger partial charge is 0.243 e. The molecule has 2 aromatic carbocycles. The van der Waals surface area contributed by atoms with Crippen molar-refractivity contribution < 1.29 is 17.9 Å². The standard InChI is InChI=1S/C26H31N3O4S/c1-33-25-10-6-5-9-24(25)28-26(30)18-13-15-29(16-14-18)34(31,32)19-11-12-23-21(17-19)20-7-3-2-4-8-22(20)27-23/h5-6,9-12,17-18,27H,2-4,7-8,13-16H2,1H3,(H,28,30). The predicted molar refractivity (Wildman–Crippen MR) is 133 cm³/mol. The van der Waals surface area contributed by atoms with Crippen LogP contribution in [0.2, 0.25) is 0 Å². The molecular weight excluding hydrogens is 450 g/mol. The van der Waals surface area contributed by atoms with Crippen molar-refractivity contribution in [1.82, 2.24) is 9.29 Å². The van der Waals surface area contributed by atoms with Gasteiger partial charge in [-0.05, 0) is 74.4 Å². The van der Waals surface area contributed by atoms with Crippen LogP contribution in [0.25, 0.3) is 10.9 Å². The maximum Gasteiger partial charge on any atom is 0.243 e. The van der Waals surface area contributed by atoms with Crippen molar-refractivity contribution >= 4 is 32.5 Å². The number of para-hydroxylation sites is 2. The van der Waals surface area contributed by atoms with E-state index < -0.39 is 10.0 Å². The minimum absolute atomic E-state index is 0.0991. The first-order valence-corrected chi connectivity index (χ1v) is 13.5. The van der Waals surface area contributed by atoms with Crippen LogP contribution in [0.3, 0.4) is 0 Å². The summed E-state index contributed by atoms with van der Waals surface area (Å²) in [5, 5.41) is 3.96. The predicted octanol–water partition coefficient (Wildman–Crippen LogP) is 4.48. The summed E-state index contributed by atoms with van der Waals surface area (Å²) in [4.78, 5) is 16.6. The van der Waals surface area contributed by atoms with E-state index in [0.717, 1.165) is 30.2 Å². The van der Waals surface area contributed by atoms with Crippen LogP contribution in [-0.2, 0) is 27.7 Å². The van der Waals surface area contributed by atoms with E-state index >= 15 is 0 Å². The fraction of sp³-hybridized carbons (Fsp3) is 0.423. The Morgan fingerprint density at radius 2 is 1.82 bits per heavy atom. The highest BCUT2D eigenvalue weighted by molar-refractivity contribution is 7.89. The zero-order chi connectivity index (χ0) is 23.7. The summed E-state index contributed by atoms with van der Waals surface area (Å²) in [6.45, 7) is 0.658. The van der Waals surface area contributed by atoms with Crippen molar-refractivity contribution in [3.8, 4) is 5.75 Å². The van der Waals surface area contributed by atoms with Crippen LogP contribution >= 0.6 is 0 Å². The Balaban J connectivity index is 1.29. The van der Waals surface area contributed by atoms with Crippen molar-refractivity contribution in [3.63, 3.8) is 0 Å². The first-order chi connectivity index (χ1) is 16.5. The first-order valence-electron chi connectivity index (χ1n) is 12.0. The van der Waals surface area contributed by atoms with Gasteiger partial charge in [-0.3, -0.25) is 4.79 Å². The number of anilines is 1. The molecule has 5 rings (SSSR count). The second kappa shape index (κ2) is 9.43. The summed E-state index contributed by atoms with van der Waals surface area (Å²) in [7, 11) is -2.05. The van der Waals surface area contributed by atoms with Gasteiger partial charge in [-0.1, -0.05) is 18.6 Å². The van der Waals surface area contributed by atoms with E-state index in [2.05, 4.69) is 10.3 Å². The van der Waals surface area contributed by atoms with Gasteiger partial charge in [0.2, 0.25) is 15.9 Å². The third-order valence-corrected chi connectivity index (χ3v) is 9.04. The fourth-order valence-electron chi connectivity index (χ4n) is 5.21. The molecule has 2 aliphatic rings. The van der Waals surface area contributed by atoms with Gasteiger partial charge in [0.15, 0.2) is 0 Å². The maximum atomic E-state index is 13.4. The number of aryl methyl sites for hydroxylation is 2. The minimum atomic E-state index is -3.62. The second-order valence-electron chi connectivity index (χ2n) is 9.22. The van der Waals surface area contributed by atoms with E-state index in [1.54, 1.807) is 25.3 Å². The number of nitrogens with one attached hydrogen (secondary N) is 2. The SMILES string of the molecule is COc1ccccc1NC(=O)C1CCN(S(=O)(=O)c2ccc3[nH]c4c(c3c2)CCCCC4)CC1. The van der Waals surface area contributed by atoms with E-state index in [1.807, 2.05) is 24.3 Å². The summed E-state index contributed by atoms with van der Waals surface area (Å²) in [5.41, 5.74) is 4.17. The third kappa shape index (κ3) is 4.32. The number of aromatic amines is 1. The molecule has 0 radical (unpaired) electrons. The number of rotatable bonds is 5. The fourth-order valence-corrected chi connectivity index (χ4v) is 6.71. The number of aromatic nitrogens is 1. The van der Waals surface area contributed by atoms with Gasteiger partial charge in [0, 0.05) is 35.6 Å². The number of amides is 1. The minimum Gasteiger partial charge on any atom is -0.495 e. The molecule has 180 valence electrons. The number of carbonyl (C=O) groups is 1. The summed E-state index contributed by atoms with van der Waals surface area (Å²) in [5.74, 6) is 0.270. The molecule has 3 aromatic rings. The van der Waals surface area contributed by atoms with Gasteiger partial charge in [-0.15, -0.1) is 0 Å². The molecule has 0 spiro atoms. The average molecular weight is 482 g/mol. The van der Waals surface area contributed by atoms with Crippen molar-refractivity contribution in [2.24, 2.45) is 5.92 Å². The zero-order valence-electron chi connectivity index (χ0n) is 19.5. The van der Waals surface area contributed by atoms with Crippen LogP contribution in [0.4, 0.5) is 5.69 Å². The molecule has 1 amide bonds. The maximum absolute atomic E-state index is 13.4. The molecule has 0 saturated carbocycles. The number of benzene rings is 2. The Morgan fingerprint density at radius 3 is 2.62 bits per heavy atom. The Labute approximate surface area is 200 Å². The van der Waals surface area contributed by atoms with Gasteiger partial charge in [0.1, 0.15) is 5.75 Å². The number of hydrogen-bond donors (Lipinski definition) is 2. The number of sulfonamides is 1. The quantitative estimate of drug-likeness (QED) is 0.526. The molecule has 1 saturated heterocycles. The van der Waals surface area contributed by atoms with Crippen molar-refractivity contribution in [1.29, 1.82) is 0 Å². The van der Waals surface area contributed by atoms with Crippen LogP contribution in [0, 0.1) is 5.92 Å². The zero-order valence-corrected chi connectivity index (χ0v) is 20.3. The topological polar surface area (TPSA) is 91.5 Å². The third-order valence-electron chi connectivity index (χ3n) is 7.15. The first kappa shape index (κ1) is 22.9. The normalized spacial score (nSPS) is 17.8. The number of carbonyl (C=O) groups excluding carboxylic acids is 1. The number of hydrogen-bond acceptors (Lipinski definition) is 4. The molecule has 34 heavy (non-hydrogen) atoms. The molecule has 2 heterocycles. The number of fused-ring (bicyclic) bond motifs is 3. The number of ether oxygens (including phenoxy) is 1. The Morgan fingerprint density at radius 1 is 1.06 bits per heavy atom. The number of nitrogens with zero attached hydrogens (tertiary/aromatic N) is 1. The van der Waals surface area contributed by atoms with E-state index in [-0.39, 0.29) is 11.8 Å². The van der Waals surface area contributed by atoms with Crippen LogP contribution in [0.5, 0.6) is 5.75 Å². The number of piperidine rings is 1. The van der Waals surface area contributed by atoms with Crippen LogP contribution < -0.4 is 10.1 Å². The molecular formula is C26H31N3O4S. The van der Waals surface area contributed by atoms with Gasteiger partial charge in [0.05, 0.1) is 17.7 Å². The lowest BCUT2D eigenvalue weighted by molar-refractivity contribution is -0.120. The Hall–Kier alpha value is -2.84. The summed E-state index contributed by atoms with van der Waals surface area (Å²) in [6.07, 6.45) is 6.51. The Bertz CT molecular complexity index is 1310. The van der Waals surface area contributed by atoms with Gasteiger partial charge in [0.25, 0.3) is 0 Å². The van der Waals surface area contributed by atoms with E-state index in [1.165, 1.54) is 28.4 Å². The summed E-state index contributed by atoms with van der Waals surface area (Å²) in [6, 6.07) is 12.7. The van der Waals surface area contributed by atoms with E-state index in [9.17, 15) is 13.2 Å². The van der Waals surface area contributed by atoms with Crippen molar-refractivity contribution in [3.05, 3.63) is 53.7 Å². The number of methoxy groups -OCH3 is 1. The summed E-state index contributed by atoms with van der Waals surface area (Å²) >= 11 is 0. The molecule has 0 bridgehead atoms. The molecule has 1 fully saturated rings. The molecule has 1 aromatic heterocycles. The highest BCUT2D eigenvalue weighted by Crippen LogP contribution is 2.32. The van der Waals surface area contributed by atoms with Gasteiger partial charge in [-0.25, -0.2) is 8.42 Å². The van der Waals surface area contributed by atoms with E-state index in [0.29, 0.717) is 42.3 Å². The number of H-pyrrole nitrogens is 1. The van der Waals surface area contributed by atoms with Crippen molar-refractivity contribution in [2.75, 3.05) is 25.5 Å². The molecule has 0 unspecified atom stereocenters. The molecule has 2 N–H and O–H groups in total. The second-order valence-corrected chi connectivity index (χ2v) is 11.2. The molecule has 0 atom stereocenters. The molecule has 7 nitrogen and oxygen atoms in total. The molecule has 8 heteroatoms. The summed E-state index contributed by atoms with van der Waals surface area (Å²) < 4.78 is 33.7. The monoisotopic (exact) mass is 481 g/mol. The molecule has 1 aliphatic heterocycles. The lowest BCUT2D eigenvalue weighted by atomic mass is 9.97. The van der Waals surface area contributed by atoms with Crippen LogP contribution in [-0.4, -0.2) is 43.8 Å². The van der Waals surface area contributed by atoms with Gasteiger partial charge in [-0.2, -0.15) is 4.31 Å². The highest BCUT2D eigenvalue weighted by Gasteiger charge is 2.32. The van der Waals surface area contributed by atoms with Crippen molar-refractivity contribution in [2.45, 2.75) is 49.8 Å². The highest BCUT2D eigenvalue weighted by atomic mass is 32.2. The largest absolute Gasteiger partial charge is 0.495 e. The van der Waals surface area contributed by atoms with Gasteiger partial charge < -0.3 is 15.0 Å². The average Bonchev–Trinajstić information content (AvgIpc) is 3.03. The Kier molecular flexibility index (Phi) is 6.36. The molecule has 1 aliphatic carbocycles. The van der Waals surface area contributed by atoms with E-state index in [4.69, 9.17) is 4.74 Å².